The van der Waals surface area contributed by atoms with Crippen molar-refractivity contribution in [2.45, 2.75) is 6.42 Å². The van der Waals surface area contributed by atoms with Crippen molar-refractivity contribution >= 4 is 23.5 Å². The Labute approximate surface area is 136 Å². The maximum Gasteiger partial charge on any atom is 0.258 e. The number of hydrogen-bond acceptors (Lipinski definition) is 3. The lowest BCUT2D eigenvalue weighted by atomic mass is 10.1. The Morgan fingerprint density at radius 2 is 2.04 bits per heavy atom. The van der Waals surface area contributed by atoms with Crippen LogP contribution >= 0.6 is 11.6 Å². The lowest BCUT2D eigenvalue weighted by Crippen LogP contribution is -2.12. The van der Waals surface area contributed by atoms with Gasteiger partial charge >= 0.3 is 0 Å². The first-order valence-corrected chi connectivity index (χ1v) is 7.20. The van der Waals surface area contributed by atoms with Gasteiger partial charge in [0.05, 0.1) is 0 Å². The van der Waals surface area contributed by atoms with Gasteiger partial charge in [-0.1, -0.05) is 29.8 Å². The van der Waals surface area contributed by atoms with Crippen molar-refractivity contribution in [2.24, 2.45) is 0 Å². The van der Waals surface area contributed by atoms with Gasteiger partial charge in [0.2, 0.25) is 5.95 Å². The van der Waals surface area contributed by atoms with E-state index in [0.29, 0.717) is 22.8 Å². The van der Waals surface area contributed by atoms with Crippen LogP contribution in [0.3, 0.4) is 0 Å². The van der Waals surface area contributed by atoms with Crippen molar-refractivity contribution in [1.29, 1.82) is 0 Å². The summed E-state index contributed by atoms with van der Waals surface area (Å²) in [6.07, 6.45) is 0.387. The standard InChI is InChI=1S/C16H12ClFN4O/c17-12-5-2-4-11(9-12)15(23)20-16-19-14(21-22-16)8-10-3-1-6-13(18)7-10/h1-7,9H,8H2,(H2,19,20,21,22,23). The topological polar surface area (TPSA) is 70.7 Å². The Morgan fingerprint density at radius 3 is 2.83 bits per heavy atom. The number of amides is 1. The van der Waals surface area contributed by atoms with Crippen LogP contribution in [0.2, 0.25) is 5.02 Å². The summed E-state index contributed by atoms with van der Waals surface area (Å²) < 4.78 is 13.2. The van der Waals surface area contributed by atoms with Crippen LogP contribution in [0.25, 0.3) is 0 Å². The van der Waals surface area contributed by atoms with E-state index < -0.39 is 0 Å². The third-order valence-corrected chi connectivity index (χ3v) is 3.34. The number of anilines is 1. The molecular formula is C16H12ClFN4O. The van der Waals surface area contributed by atoms with Gasteiger partial charge in [0.1, 0.15) is 11.6 Å². The minimum Gasteiger partial charge on any atom is -0.289 e. The lowest BCUT2D eigenvalue weighted by molar-refractivity contribution is 0.102. The van der Waals surface area contributed by atoms with Gasteiger partial charge < -0.3 is 0 Å². The van der Waals surface area contributed by atoms with Crippen molar-refractivity contribution in [3.8, 4) is 0 Å². The summed E-state index contributed by atoms with van der Waals surface area (Å²) in [4.78, 5) is 16.2. The first-order chi connectivity index (χ1) is 11.1. The molecule has 7 heteroatoms. The van der Waals surface area contributed by atoms with Crippen LogP contribution in [-0.4, -0.2) is 21.1 Å². The summed E-state index contributed by atoms with van der Waals surface area (Å²) in [5.74, 6) is 0.0127. The molecule has 23 heavy (non-hydrogen) atoms. The molecule has 2 N–H and O–H groups in total. The average molecular weight is 331 g/mol. The molecule has 116 valence electrons. The van der Waals surface area contributed by atoms with Crippen LogP contribution in [-0.2, 0) is 6.42 Å². The second-order valence-electron chi connectivity index (χ2n) is 4.88. The molecule has 0 fully saturated rings. The zero-order chi connectivity index (χ0) is 16.2. The molecule has 0 aliphatic heterocycles. The van der Waals surface area contributed by atoms with E-state index >= 15 is 0 Å². The molecule has 0 spiro atoms. The number of carbonyl (C=O) groups is 1. The maximum absolute atomic E-state index is 13.2. The van der Waals surface area contributed by atoms with Gasteiger partial charge in [-0.05, 0) is 35.9 Å². The largest absolute Gasteiger partial charge is 0.289 e. The summed E-state index contributed by atoms with van der Waals surface area (Å²) in [5.41, 5.74) is 1.17. The van der Waals surface area contributed by atoms with Gasteiger partial charge in [-0.15, -0.1) is 5.10 Å². The first-order valence-electron chi connectivity index (χ1n) is 6.83. The second-order valence-corrected chi connectivity index (χ2v) is 5.31. The number of nitrogens with zero attached hydrogens (tertiary/aromatic N) is 2. The molecule has 0 saturated heterocycles. The summed E-state index contributed by atoms with van der Waals surface area (Å²) in [6.45, 7) is 0. The number of benzene rings is 2. The van der Waals surface area contributed by atoms with E-state index in [9.17, 15) is 9.18 Å². The fourth-order valence-corrected chi connectivity index (χ4v) is 2.26. The summed E-state index contributed by atoms with van der Waals surface area (Å²) >= 11 is 5.85. The normalized spacial score (nSPS) is 10.5. The molecule has 0 aliphatic rings. The fourth-order valence-electron chi connectivity index (χ4n) is 2.07. The SMILES string of the molecule is O=C(Nc1n[nH]c(Cc2cccc(F)c2)n1)c1cccc(Cl)c1. The van der Waals surface area contributed by atoms with Gasteiger partial charge in [-0.2, -0.15) is 4.98 Å². The molecule has 0 radical (unpaired) electrons. The highest BCUT2D eigenvalue weighted by atomic mass is 35.5. The van der Waals surface area contributed by atoms with Crippen molar-refractivity contribution in [1.82, 2.24) is 15.2 Å². The zero-order valence-corrected chi connectivity index (χ0v) is 12.6. The lowest BCUT2D eigenvalue weighted by Gasteiger charge is -2.01. The molecule has 2 aromatic carbocycles. The number of carbonyl (C=O) groups excluding carboxylic acids is 1. The summed E-state index contributed by atoms with van der Waals surface area (Å²) in [5, 5.41) is 9.70. The van der Waals surface area contributed by atoms with Gasteiger partial charge in [-0.3, -0.25) is 15.2 Å². The summed E-state index contributed by atoms with van der Waals surface area (Å²) in [7, 11) is 0. The number of rotatable bonds is 4. The van der Waals surface area contributed by atoms with Crippen LogP contribution in [0.15, 0.2) is 48.5 Å². The summed E-state index contributed by atoms with van der Waals surface area (Å²) in [6, 6.07) is 12.8. The maximum atomic E-state index is 13.2. The van der Waals surface area contributed by atoms with E-state index in [1.54, 1.807) is 36.4 Å². The van der Waals surface area contributed by atoms with E-state index in [1.165, 1.54) is 12.1 Å². The van der Waals surface area contributed by atoms with Crippen LogP contribution < -0.4 is 5.32 Å². The van der Waals surface area contributed by atoms with Crippen molar-refractivity contribution in [3.63, 3.8) is 0 Å². The quantitative estimate of drug-likeness (QED) is 0.769. The monoisotopic (exact) mass is 330 g/mol. The molecule has 3 aromatic rings. The number of aromatic nitrogens is 3. The van der Waals surface area contributed by atoms with Crippen molar-refractivity contribution < 1.29 is 9.18 Å². The zero-order valence-electron chi connectivity index (χ0n) is 11.9. The Kier molecular flexibility index (Phi) is 4.34. The predicted molar refractivity (Wildman–Crippen MR) is 85.0 cm³/mol. The van der Waals surface area contributed by atoms with E-state index in [1.807, 2.05) is 0 Å². The minimum absolute atomic E-state index is 0.154. The highest BCUT2D eigenvalue weighted by molar-refractivity contribution is 6.31. The minimum atomic E-state index is -0.358. The average Bonchev–Trinajstić information content (AvgIpc) is 2.94. The first kappa shape index (κ1) is 15.2. The molecule has 0 atom stereocenters. The predicted octanol–water partition coefficient (Wildman–Crippen LogP) is 3.44. The molecule has 0 aliphatic carbocycles. The second kappa shape index (κ2) is 6.58. The van der Waals surface area contributed by atoms with Crippen molar-refractivity contribution in [2.75, 3.05) is 5.32 Å². The fraction of sp³-hybridized carbons (Fsp3) is 0.0625. The number of aromatic amines is 1. The third kappa shape index (κ3) is 3.92. The Hall–Kier alpha value is -2.73. The molecule has 0 unspecified atom stereocenters. The number of H-pyrrole nitrogens is 1. The molecule has 1 heterocycles. The molecule has 5 nitrogen and oxygen atoms in total. The smallest absolute Gasteiger partial charge is 0.258 e. The van der Waals surface area contributed by atoms with E-state index in [2.05, 4.69) is 20.5 Å². The highest BCUT2D eigenvalue weighted by Gasteiger charge is 2.10. The molecule has 0 bridgehead atoms. The van der Waals surface area contributed by atoms with Crippen LogP contribution in [0.5, 0.6) is 0 Å². The van der Waals surface area contributed by atoms with E-state index in [0.717, 1.165) is 5.56 Å². The molecule has 1 amide bonds. The highest BCUT2D eigenvalue weighted by Crippen LogP contribution is 2.13. The van der Waals surface area contributed by atoms with Crippen LogP contribution in [0.1, 0.15) is 21.7 Å². The van der Waals surface area contributed by atoms with Gasteiger partial charge in [0, 0.05) is 17.0 Å². The van der Waals surface area contributed by atoms with Crippen molar-refractivity contribution in [3.05, 3.63) is 76.3 Å². The van der Waals surface area contributed by atoms with Crippen LogP contribution in [0, 0.1) is 5.82 Å². The Morgan fingerprint density at radius 1 is 1.22 bits per heavy atom. The number of halogens is 2. The molecule has 1 aromatic heterocycles. The Balaban J connectivity index is 1.68. The molecule has 3 rings (SSSR count). The van der Waals surface area contributed by atoms with Gasteiger partial charge in [0.25, 0.3) is 5.91 Å². The van der Waals surface area contributed by atoms with Gasteiger partial charge in [-0.25, -0.2) is 4.39 Å². The van der Waals surface area contributed by atoms with Crippen LogP contribution in [0.4, 0.5) is 10.3 Å². The number of nitrogens with one attached hydrogen (secondary N) is 2. The Bertz CT molecular complexity index is 849. The number of hydrogen-bond donors (Lipinski definition) is 2. The van der Waals surface area contributed by atoms with Gasteiger partial charge in [0.15, 0.2) is 0 Å². The van der Waals surface area contributed by atoms with E-state index in [-0.39, 0.29) is 17.7 Å². The third-order valence-electron chi connectivity index (χ3n) is 3.10. The van der Waals surface area contributed by atoms with E-state index in [4.69, 9.17) is 11.6 Å². The molecular weight excluding hydrogens is 319 g/mol. The molecule has 0 saturated carbocycles.